The van der Waals surface area contributed by atoms with Gasteiger partial charge in [-0.25, -0.2) is 0 Å². The molecule has 0 aromatic heterocycles. The first kappa shape index (κ1) is 17.3. The van der Waals surface area contributed by atoms with E-state index in [4.69, 9.17) is 33.3 Å². The minimum absolute atomic E-state index is 0.141. The molecule has 0 saturated carbocycles. The fraction of sp³-hybridized carbons (Fsp3) is 0.400. The highest BCUT2D eigenvalue weighted by atomic mass is 16.7. The Labute approximate surface area is 162 Å². The maximum atomic E-state index is 5.87. The van der Waals surface area contributed by atoms with Crippen LogP contribution in [0, 0.1) is 0 Å². The molecular weight excluding hydrogens is 366 g/mol. The van der Waals surface area contributed by atoms with E-state index in [0.29, 0.717) is 54.2 Å². The van der Waals surface area contributed by atoms with Crippen molar-refractivity contribution < 1.29 is 33.3 Å². The summed E-state index contributed by atoms with van der Waals surface area (Å²) in [7, 11) is 3.24. The van der Waals surface area contributed by atoms with Gasteiger partial charge in [0.2, 0.25) is 25.1 Å². The zero-order chi connectivity index (χ0) is 19.3. The molecular formula is C20H21NO7. The predicted molar refractivity (Wildman–Crippen MR) is 98.1 cm³/mol. The molecule has 0 aliphatic carbocycles. The van der Waals surface area contributed by atoms with Gasteiger partial charge >= 0.3 is 0 Å². The van der Waals surface area contributed by atoms with Gasteiger partial charge in [-0.05, 0) is 30.2 Å². The van der Waals surface area contributed by atoms with Crippen molar-refractivity contribution in [3.63, 3.8) is 0 Å². The van der Waals surface area contributed by atoms with E-state index < -0.39 is 0 Å². The average molecular weight is 387 g/mol. The van der Waals surface area contributed by atoms with Crippen LogP contribution in [-0.2, 0) is 17.9 Å². The molecule has 8 heteroatoms. The summed E-state index contributed by atoms with van der Waals surface area (Å²) in [5, 5.41) is 1.91. The number of hydroxylamine groups is 2. The molecule has 0 bridgehead atoms. The molecule has 0 radical (unpaired) electrons. The summed E-state index contributed by atoms with van der Waals surface area (Å²) in [4.78, 5) is 5.87. The SMILES string of the molecule is CCON1Cc2cc(OC)c3c(c2-c2c(cc(OC)c4c2OCO4)C1)OCO3. The van der Waals surface area contributed by atoms with E-state index in [-0.39, 0.29) is 13.6 Å². The number of ether oxygens (including phenoxy) is 6. The molecule has 0 saturated heterocycles. The summed E-state index contributed by atoms with van der Waals surface area (Å²) in [6.07, 6.45) is 0. The van der Waals surface area contributed by atoms with Gasteiger partial charge in [-0.1, -0.05) is 0 Å². The van der Waals surface area contributed by atoms with Crippen molar-refractivity contribution in [1.82, 2.24) is 5.06 Å². The van der Waals surface area contributed by atoms with Crippen molar-refractivity contribution in [3.05, 3.63) is 23.3 Å². The standard InChI is InChI=1S/C20H21NO7/c1-4-28-21-7-11-5-13(22-2)17-19(26-9-24-17)15(11)16-12(8-21)6-14(23-3)18-20(16)27-10-25-18/h5-6H,4,7-10H2,1-3H3. The van der Waals surface area contributed by atoms with Crippen LogP contribution in [0.3, 0.4) is 0 Å². The number of nitrogens with zero attached hydrogens (tertiary/aromatic N) is 1. The van der Waals surface area contributed by atoms with Crippen LogP contribution >= 0.6 is 0 Å². The molecule has 0 atom stereocenters. The molecule has 2 aromatic rings. The summed E-state index contributed by atoms with van der Waals surface area (Å²) in [6, 6.07) is 3.94. The highest BCUT2D eigenvalue weighted by Gasteiger charge is 2.36. The monoisotopic (exact) mass is 387 g/mol. The quantitative estimate of drug-likeness (QED) is 0.793. The van der Waals surface area contributed by atoms with E-state index in [2.05, 4.69) is 0 Å². The Kier molecular flexibility index (Phi) is 4.10. The maximum Gasteiger partial charge on any atom is 0.231 e. The number of methoxy groups -OCH3 is 2. The molecule has 148 valence electrons. The van der Waals surface area contributed by atoms with Crippen LogP contribution in [0.5, 0.6) is 34.5 Å². The molecule has 28 heavy (non-hydrogen) atoms. The Bertz CT molecular complexity index is 870. The third kappa shape index (κ3) is 2.45. The second kappa shape index (κ2) is 6.65. The highest BCUT2D eigenvalue weighted by molar-refractivity contribution is 5.89. The zero-order valence-corrected chi connectivity index (χ0v) is 16.0. The number of hydrogen-bond donors (Lipinski definition) is 0. The molecule has 0 N–H and O–H groups in total. The van der Waals surface area contributed by atoms with E-state index in [9.17, 15) is 0 Å². The van der Waals surface area contributed by atoms with Crippen LogP contribution < -0.4 is 28.4 Å². The van der Waals surface area contributed by atoms with E-state index in [1.54, 1.807) is 14.2 Å². The molecule has 0 unspecified atom stereocenters. The van der Waals surface area contributed by atoms with E-state index in [1.807, 2.05) is 24.1 Å². The lowest BCUT2D eigenvalue weighted by Gasteiger charge is -2.20. The minimum atomic E-state index is 0.141. The smallest absolute Gasteiger partial charge is 0.231 e. The first-order valence-corrected chi connectivity index (χ1v) is 9.12. The first-order chi connectivity index (χ1) is 13.7. The Balaban J connectivity index is 1.82. The van der Waals surface area contributed by atoms with Gasteiger partial charge in [-0.2, -0.15) is 5.06 Å². The summed E-state index contributed by atoms with van der Waals surface area (Å²) < 4.78 is 34.2. The summed E-state index contributed by atoms with van der Waals surface area (Å²) in [5.41, 5.74) is 3.82. The Morgan fingerprint density at radius 3 is 1.68 bits per heavy atom. The Hall–Kier alpha value is -2.84. The fourth-order valence-electron chi connectivity index (χ4n) is 3.99. The van der Waals surface area contributed by atoms with Gasteiger partial charge in [0.05, 0.1) is 33.9 Å². The Morgan fingerprint density at radius 1 is 0.786 bits per heavy atom. The minimum Gasteiger partial charge on any atom is -0.493 e. The fourth-order valence-corrected chi connectivity index (χ4v) is 3.99. The molecule has 0 fully saturated rings. The van der Waals surface area contributed by atoms with Gasteiger partial charge in [0.1, 0.15) is 0 Å². The number of benzene rings is 2. The average Bonchev–Trinajstić information content (AvgIpc) is 3.34. The highest BCUT2D eigenvalue weighted by Crippen LogP contribution is 2.57. The van der Waals surface area contributed by atoms with Gasteiger partial charge in [0.15, 0.2) is 23.0 Å². The molecule has 5 rings (SSSR count). The van der Waals surface area contributed by atoms with E-state index in [0.717, 1.165) is 22.3 Å². The van der Waals surface area contributed by atoms with Crippen molar-refractivity contribution >= 4 is 0 Å². The second-order valence-corrected chi connectivity index (χ2v) is 6.57. The lowest BCUT2D eigenvalue weighted by atomic mass is 9.93. The van der Waals surface area contributed by atoms with Crippen LogP contribution in [-0.4, -0.2) is 39.5 Å². The number of hydrogen-bond acceptors (Lipinski definition) is 8. The third-order valence-corrected chi connectivity index (χ3v) is 5.07. The summed E-state index contributed by atoms with van der Waals surface area (Å²) in [6.45, 7) is 3.93. The van der Waals surface area contributed by atoms with Crippen molar-refractivity contribution in [2.24, 2.45) is 0 Å². The van der Waals surface area contributed by atoms with Crippen LogP contribution in [0.1, 0.15) is 18.1 Å². The normalized spacial score (nSPS) is 16.4. The van der Waals surface area contributed by atoms with Crippen LogP contribution in [0.4, 0.5) is 0 Å². The van der Waals surface area contributed by atoms with E-state index >= 15 is 0 Å². The summed E-state index contributed by atoms with van der Waals surface area (Å²) >= 11 is 0. The van der Waals surface area contributed by atoms with Crippen LogP contribution in [0.25, 0.3) is 11.1 Å². The van der Waals surface area contributed by atoms with Crippen molar-refractivity contribution in [2.75, 3.05) is 34.4 Å². The molecule has 3 heterocycles. The van der Waals surface area contributed by atoms with Gasteiger partial charge in [-0.3, -0.25) is 4.84 Å². The van der Waals surface area contributed by atoms with Crippen LogP contribution in [0.2, 0.25) is 0 Å². The summed E-state index contributed by atoms with van der Waals surface area (Å²) in [5.74, 6) is 3.76. The van der Waals surface area contributed by atoms with Crippen molar-refractivity contribution in [2.45, 2.75) is 20.0 Å². The van der Waals surface area contributed by atoms with Crippen molar-refractivity contribution in [3.8, 4) is 45.6 Å². The molecule has 3 aliphatic heterocycles. The number of fused-ring (bicyclic) bond motifs is 7. The molecule has 0 amide bonds. The van der Waals surface area contributed by atoms with Gasteiger partial charge in [0, 0.05) is 11.1 Å². The lowest BCUT2D eigenvalue weighted by molar-refractivity contribution is -0.168. The molecule has 3 aliphatic rings. The topological polar surface area (TPSA) is 67.9 Å². The molecule has 2 aromatic carbocycles. The lowest BCUT2D eigenvalue weighted by Crippen LogP contribution is -2.22. The molecule has 0 spiro atoms. The Morgan fingerprint density at radius 2 is 1.25 bits per heavy atom. The zero-order valence-electron chi connectivity index (χ0n) is 16.0. The predicted octanol–water partition coefficient (Wildman–Crippen LogP) is 3.10. The third-order valence-electron chi connectivity index (χ3n) is 5.07. The van der Waals surface area contributed by atoms with Crippen LogP contribution in [0.15, 0.2) is 12.1 Å². The van der Waals surface area contributed by atoms with Gasteiger partial charge in [-0.15, -0.1) is 0 Å². The molecule has 8 nitrogen and oxygen atoms in total. The first-order valence-electron chi connectivity index (χ1n) is 9.12. The largest absolute Gasteiger partial charge is 0.493 e. The van der Waals surface area contributed by atoms with Gasteiger partial charge < -0.3 is 28.4 Å². The second-order valence-electron chi connectivity index (χ2n) is 6.57. The number of rotatable bonds is 4. The van der Waals surface area contributed by atoms with Gasteiger partial charge in [0.25, 0.3) is 0 Å². The van der Waals surface area contributed by atoms with E-state index in [1.165, 1.54) is 0 Å². The maximum absolute atomic E-state index is 5.87. The van der Waals surface area contributed by atoms with Crippen molar-refractivity contribution in [1.29, 1.82) is 0 Å².